The Labute approximate surface area is 221 Å². The van der Waals surface area contributed by atoms with Crippen LogP contribution in [0.15, 0.2) is 60.8 Å². The highest BCUT2D eigenvalue weighted by Crippen LogP contribution is 2.32. The number of hydrogen-bond acceptors (Lipinski definition) is 5. The standard InChI is InChI=1S/C28H31ClN6O2/c29-24-17-21(27(36)30-13-16-35-14-5-6-15-35)18-31-26(24)33-34-28(37)32-25-22-9-3-1-7-19(22)11-12-20-8-2-4-10-23(20)25/h1-4,7-10,17-18,25H,5-6,11-16H2,(H,30,36)(H,31,33)(H2,32,34,37). The number of amides is 3. The molecule has 1 aliphatic heterocycles. The summed E-state index contributed by atoms with van der Waals surface area (Å²) in [6.07, 6.45) is 5.72. The number of aryl methyl sites for hydroxylation is 2. The Balaban J connectivity index is 1.19. The van der Waals surface area contributed by atoms with Gasteiger partial charge in [-0.25, -0.2) is 9.78 Å². The van der Waals surface area contributed by atoms with Crippen molar-refractivity contribution in [1.29, 1.82) is 0 Å². The molecule has 0 unspecified atom stereocenters. The Hall–Kier alpha value is -3.62. The van der Waals surface area contributed by atoms with Crippen LogP contribution in [0.25, 0.3) is 0 Å². The zero-order chi connectivity index (χ0) is 25.6. The van der Waals surface area contributed by atoms with E-state index in [0.29, 0.717) is 12.1 Å². The predicted molar refractivity (Wildman–Crippen MR) is 145 cm³/mol. The van der Waals surface area contributed by atoms with Gasteiger partial charge in [0.2, 0.25) is 0 Å². The van der Waals surface area contributed by atoms with E-state index in [-0.39, 0.29) is 22.8 Å². The number of carbonyl (C=O) groups excluding carboxylic acids is 2. The first-order chi connectivity index (χ1) is 18.1. The smallest absolute Gasteiger partial charge is 0.334 e. The van der Waals surface area contributed by atoms with Crippen LogP contribution in [-0.4, -0.2) is 48.0 Å². The third-order valence-electron chi connectivity index (χ3n) is 6.98. The minimum absolute atomic E-state index is 0.225. The number of urea groups is 1. The molecular formula is C28H31ClN6O2. The van der Waals surface area contributed by atoms with Crippen molar-refractivity contribution < 1.29 is 9.59 Å². The van der Waals surface area contributed by atoms with Crippen molar-refractivity contribution in [2.24, 2.45) is 0 Å². The number of nitrogens with one attached hydrogen (secondary N) is 4. The number of nitrogens with zero attached hydrogens (tertiary/aromatic N) is 2. The number of likely N-dealkylation sites (tertiary alicyclic amines) is 1. The van der Waals surface area contributed by atoms with Crippen molar-refractivity contribution >= 4 is 29.4 Å². The second kappa shape index (κ2) is 11.6. The van der Waals surface area contributed by atoms with E-state index < -0.39 is 6.03 Å². The second-order valence-corrected chi connectivity index (χ2v) is 9.82. The van der Waals surface area contributed by atoms with Crippen LogP contribution in [0.3, 0.4) is 0 Å². The first-order valence-corrected chi connectivity index (χ1v) is 13.1. The molecular weight excluding hydrogens is 488 g/mol. The van der Waals surface area contributed by atoms with Gasteiger partial charge in [0.1, 0.15) is 0 Å². The Kier molecular flexibility index (Phi) is 7.87. The van der Waals surface area contributed by atoms with Crippen molar-refractivity contribution in [2.75, 3.05) is 31.6 Å². The number of benzene rings is 2. The van der Waals surface area contributed by atoms with E-state index in [1.54, 1.807) is 6.07 Å². The molecule has 1 aliphatic carbocycles. The molecule has 1 aromatic heterocycles. The fraction of sp³-hybridized carbons (Fsp3) is 0.321. The summed E-state index contributed by atoms with van der Waals surface area (Å²) in [5, 5.41) is 6.23. The number of hydrazine groups is 1. The summed E-state index contributed by atoms with van der Waals surface area (Å²) >= 11 is 6.36. The number of hydrogen-bond donors (Lipinski definition) is 4. The Bertz CT molecular complexity index is 1230. The number of anilines is 1. The van der Waals surface area contributed by atoms with Crippen LogP contribution in [0.5, 0.6) is 0 Å². The molecule has 2 aromatic carbocycles. The van der Waals surface area contributed by atoms with Crippen LogP contribution >= 0.6 is 11.6 Å². The highest BCUT2D eigenvalue weighted by atomic mass is 35.5. The maximum Gasteiger partial charge on any atom is 0.334 e. The van der Waals surface area contributed by atoms with Gasteiger partial charge in [-0.15, -0.1) is 0 Å². The van der Waals surface area contributed by atoms with Gasteiger partial charge in [-0.05, 0) is 67.1 Å². The molecule has 8 nitrogen and oxygen atoms in total. The third-order valence-corrected chi connectivity index (χ3v) is 7.27. The summed E-state index contributed by atoms with van der Waals surface area (Å²) in [5.74, 6) is 0.0312. The summed E-state index contributed by atoms with van der Waals surface area (Å²) in [6, 6.07) is 17.2. The van der Waals surface area contributed by atoms with Gasteiger partial charge in [-0.1, -0.05) is 60.1 Å². The van der Waals surface area contributed by atoms with Gasteiger partial charge < -0.3 is 15.5 Å². The molecule has 9 heteroatoms. The molecule has 37 heavy (non-hydrogen) atoms. The second-order valence-electron chi connectivity index (χ2n) is 9.41. The van der Waals surface area contributed by atoms with E-state index in [0.717, 1.165) is 43.6 Å². The molecule has 3 amide bonds. The molecule has 5 rings (SSSR count). The summed E-state index contributed by atoms with van der Waals surface area (Å²) in [5.41, 5.74) is 10.4. The number of aromatic nitrogens is 1. The van der Waals surface area contributed by atoms with Gasteiger partial charge in [0.25, 0.3) is 5.91 Å². The van der Waals surface area contributed by atoms with E-state index in [1.807, 2.05) is 24.3 Å². The summed E-state index contributed by atoms with van der Waals surface area (Å²) < 4.78 is 0. The van der Waals surface area contributed by atoms with Gasteiger partial charge in [0.15, 0.2) is 5.82 Å². The van der Waals surface area contributed by atoms with Gasteiger partial charge in [-0.2, -0.15) is 0 Å². The average molecular weight is 519 g/mol. The minimum atomic E-state index is -0.418. The van der Waals surface area contributed by atoms with Crippen LogP contribution in [0.1, 0.15) is 51.5 Å². The van der Waals surface area contributed by atoms with Crippen LogP contribution in [0, 0.1) is 0 Å². The number of carbonyl (C=O) groups is 2. The first kappa shape index (κ1) is 25.0. The molecule has 1 fully saturated rings. The molecule has 0 atom stereocenters. The molecule has 0 spiro atoms. The maximum absolute atomic E-state index is 12.9. The van der Waals surface area contributed by atoms with Crippen molar-refractivity contribution in [1.82, 2.24) is 25.9 Å². The molecule has 0 bridgehead atoms. The Morgan fingerprint density at radius 1 is 0.973 bits per heavy atom. The highest BCUT2D eigenvalue weighted by Gasteiger charge is 2.25. The lowest BCUT2D eigenvalue weighted by molar-refractivity contribution is 0.0949. The predicted octanol–water partition coefficient (Wildman–Crippen LogP) is 4.07. The fourth-order valence-corrected chi connectivity index (χ4v) is 5.27. The summed E-state index contributed by atoms with van der Waals surface area (Å²) in [4.78, 5) is 31.9. The van der Waals surface area contributed by atoms with Crippen molar-refractivity contribution in [3.8, 4) is 0 Å². The molecule has 4 N–H and O–H groups in total. The molecule has 0 saturated carbocycles. The van der Waals surface area contributed by atoms with Gasteiger partial charge in [0, 0.05) is 19.3 Å². The lowest BCUT2D eigenvalue weighted by Crippen LogP contribution is -2.41. The summed E-state index contributed by atoms with van der Waals surface area (Å²) in [6.45, 7) is 3.58. The zero-order valence-corrected chi connectivity index (χ0v) is 21.4. The molecule has 192 valence electrons. The van der Waals surface area contributed by atoms with Crippen LogP contribution in [0.4, 0.5) is 10.6 Å². The number of pyridine rings is 1. The van der Waals surface area contributed by atoms with Gasteiger partial charge in [-0.3, -0.25) is 15.6 Å². The van der Waals surface area contributed by atoms with E-state index in [4.69, 9.17) is 11.6 Å². The normalized spacial score (nSPS) is 15.3. The largest absolute Gasteiger partial charge is 0.351 e. The minimum Gasteiger partial charge on any atom is -0.351 e. The highest BCUT2D eigenvalue weighted by molar-refractivity contribution is 6.33. The zero-order valence-electron chi connectivity index (χ0n) is 20.6. The quantitative estimate of drug-likeness (QED) is 0.353. The van der Waals surface area contributed by atoms with Crippen LogP contribution in [-0.2, 0) is 12.8 Å². The van der Waals surface area contributed by atoms with Gasteiger partial charge in [0.05, 0.1) is 16.6 Å². The van der Waals surface area contributed by atoms with E-state index in [9.17, 15) is 9.59 Å². The lowest BCUT2D eigenvalue weighted by atomic mass is 9.95. The monoisotopic (exact) mass is 518 g/mol. The molecule has 1 saturated heterocycles. The third kappa shape index (κ3) is 6.03. The fourth-order valence-electron chi connectivity index (χ4n) is 5.05. The summed E-state index contributed by atoms with van der Waals surface area (Å²) in [7, 11) is 0. The van der Waals surface area contributed by atoms with E-state index in [1.165, 1.54) is 30.2 Å². The van der Waals surface area contributed by atoms with Crippen molar-refractivity contribution in [3.05, 3.63) is 93.6 Å². The first-order valence-electron chi connectivity index (χ1n) is 12.7. The Morgan fingerprint density at radius 2 is 1.62 bits per heavy atom. The molecule has 3 aromatic rings. The Morgan fingerprint density at radius 3 is 2.27 bits per heavy atom. The van der Waals surface area contributed by atoms with Crippen LogP contribution < -0.4 is 21.5 Å². The van der Waals surface area contributed by atoms with Crippen molar-refractivity contribution in [3.63, 3.8) is 0 Å². The van der Waals surface area contributed by atoms with Crippen LogP contribution in [0.2, 0.25) is 5.02 Å². The average Bonchev–Trinajstić information content (AvgIpc) is 3.38. The number of halogens is 1. The molecule has 0 radical (unpaired) electrons. The molecule has 2 heterocycles. The number of rotatable bonds is 7. The van der Waals surface area contributed by atoms with E-state index >= 15 is 0 Å². The van der Waals surface area contributed by atoms with Gasteiger partial charge >= 0.3 is 6.03 Å². The van der Waals surface area contributed by atoms with E-state index in [2.05, 4.69) is 55.6 Å². The topological polar surface area (TPSA) is 98.4 Å². The number of fused-ring (bicyclic) bond motifs is 2. The molecule has 2 aliphatic rings. The lowest BCUT2D eigenvalue weighted by Gasteiger charge is -2.22. The van der Waals surface area contributed by atoms with Crippen molar-refractivity contribution in [2.45, 2.75) is 31.7 Å². The maximum atomic E-state index is 12.9. The SMILES string of the molecule is O=C(NNc1ncc(C(=O)NCCN2CCCC2)cc1Cl)NC1c2ccccc2CCc2ccccc21.